The molecule has 3 aromatic rings. The Hall–Kier alpha value is -3.24. The number of hydrogen-bond donors (Lipinski definition) is 1. The number of anilines is 1. The van der Waals surface area contributed by atoms with E-state index in [1.165, 1.54) is 7.11 Å². The zero-order valence-electron chi connectivity index (χ0n) is 17.7. The Morgan fingerprint density at radius 3 is 2.65 bits per heavy atom. The highest BCUT2D eigenvalue weighted by molar-refractivity contribution is 7.18. The number of nitrogens with one attached hydrogen (secondary N) is 1. The van der Waals surface area contributed by atoms with E-state index in [4.69, 9.17) is 14.2 Å². The summed E-state index contributed by atoms with van der Waals surface area (Å²) in [6, 6.07) is 3.29. The Labute approximate surface area is 182 Å². The van der Waals surface area contributed by atoms with Crippen LogP contribution in [-0.2, 0) is 14.2 Å². The zero-order valence-corrected chi connectivity index (χ0v) is 18.5. The molecule has 0 fully saturated rings. The van der Waals surface area contributed by atoms with Crippen LogP contribution >= 0.6 is 11.3 Å². The number of esters is 2. The number of hydrogen-bond acceptors (Lipinski definition) is 8. The van der Waals surface area contributed by atoms with Gasteiger partial charge in [-0.05, 0) is 38.5 Å². The predicted octanol–water partition coefficient (Wildman–Crippen LogP) is 3.24. The average Bonchev–Trinajstić information content (AvgIpc) is 3.26. The van der Waals surface area contributed by atoms with Gasteiger partial charge < -0.3 is 23.9 Å². The standard InChI is InChI=1S/C21H23N3O6S/c1-5-29-20(26)16-13(3)17(21(27)30-9-8-28-4)31-19(16)23-18(25)14-6-7-24-11-12(2)22-15(24)10-14/h6-7,10-11H,5,8-9H2,1-4H3,(H,23,25). The largest absolute Gasteiger partial charge is 0.462 e. The molecular weight excluding hydrogens is 422 g/mol. The fourth-order valence-electron chi connectivity index (χ4n) is 2.95. The lowest BCUT2D eigenvalue weighted by molar-refractivity contribution is 0.0392. The summed E-state index contributed by atoms with van der Waals surface area (Å²) in [6.45, 7) is 5.64. The third kappa shape index (κ3) is 4.92. The van der Waals surface area contributed by atoms with Crippen LogP contribution in [0.3, 0.4) is 0 Å². The van der Waals surface area contributed by atoms with Crippen LogP contribution in [-0.4, -0.2) is 54.2 Å². The fourth-order valence-corrected chi connectivity index (χ4v) is 4.04. The number of imidazole rings is 1. The van der Waals surface area contributed by atoms with Crippen molar-refractivity contribution in [2.75, 3.05) is 32.2 Å². The summed E-state index contributed by atoms with van der Waals surface area (Å²) in [6.07, 6.45) is 3.58. The molecule has 3 aromatic heterocycles. The van der Waals surface area contributed by atoms with Gasteiger partial charge in [-0.15, -0.1) is 11.3 Å². The van der Waals surface area contributed by atoms with E-state index in [1.807, 2.05) is 13.1 Å². The molecule has 0 aliphatic rings. The van der Waals surface area contributed by atoms with Crippen molar-refractivity contribution in [1.29, 1.82) is 0 Å². The van der Waals surface area contributed by atoms with Crippen LogP contribution in [0.25, 0.3) is 5.65 Å². The van der Waals surface area contributed by atoms with Gasteiger partial charge in [0.2, 0.25) is 0 Å². The number of carbonyl (C=O) groups is 3. The number of carbonyl (C=O) groups excluding carboxylic acids is 3. The summed E-state index contributed by atoms with van der Waals surface area (Å²) < 4.78 is 17.0. The highest BCUT2D eigenvalue weighted by Crippen LogP contribution is 2.34. The number of pyridine rings is 1. The molecule has 3 rings (SSSR count). The van der Waals surface area contributed by atoms with E-state index < -0.39 is 17.8 Å². The van der Waals surface area contributed by atoms with Crippen molar-refractivity contribution in [2.45, 2.75) is 20.8 Å². The van der Waals surface area contributed by atoms with Gasteiger partial charge in [0, 0.05) is 25.1 Å². The van der Waals surface area contributed by atoms with Gasteiger partial charge in [0.1, 0.15) is 22.1 Å². The first-order valence-electron chi connectivity index (χ1n) is 9.59. The van der Waals surface area contributed by atoms with Crippen molar-refractivity contribution < 1.29 is 28.6 Å². The molecule has 0 bridgehead atoms. The van der Waals surface area contributed by atoms with Crippen LogP contribution in [0.4, 0.5) is 5.00 Å². The molecule has 1 amide bonds. The van der Waals surface area contributed by atoms with Crippen LogP contribution in [0.2, 0.25) is 0 Å². The van der Waals surface area contributed by atoms with E-state index >= 15 is 0 Å². The van der Waals surface area contributed by atoms with Gasteiger partial charge >= 0.3 is 11.9 Å². The summed E-state index contributed by atoms with van der Waals surface area (Å²) in [4.78, 5) is 42.4. The van der Waals surface area contributed by atoms with Crippen LogP contribution in [0.15, 0.2) is 24.5 Å². The molecule has 3 heterocycles. The fraction of sp³-hybridized carbons (Fsp3) is 0.333. The van der Waals surface area contributed by atoms with Gasteiger partial charge in [0.15, 0.2) is 0 Å². The lowest BCUT2D eigenvalue weighted by atomic mass is 10.1. The maximum Gasteiger partial charge on any atom is 0.348 e. The van der Waals surface area contributed by atoms with Crippen molar-refractivity contribution in [3.63, 3.8) is 0 Å². The molecule has 10 heteroatoms. The van der Waals surface area contributed by atoms with Crippen molar-refractivity contribution in [3.8, 4) is 0 Å². The number of thiophene rings is 1. The summed E-state index contributed by atoms with van der Waals surface area (Å²) >= 11 is 0.968. The maximum absolute atomic E-state index is 12.9. The highest BCUT2D eigenvalue weighted by Gasteiger charge is 2.27. The Morgan fingerprint density at radius 2 is 1.94 bits per heavy atom. The van der Waals surface area contributed by atoms with E-state index in [2.05, 4.69) is 10.3 Å². The minimum atomic E-state index is -0.623. The first kappa shape index (κ1) is 22.4. The second kappa shape index (κ2) is 9.71. The Bertz CT molecular complexity index is 1130. The number of aromatic nitrogens is 2. The molecule has 0 aromatic carbocycles. The Morgan fingerprint density at radius 1 is 1.16 bits per heavy atom. The number of fused-ring (bicyclic) bond motifs is 1. The SMILES string of the molecule is CCOC(=O)c1c(NC(=O)c2ccn3cc(C)nc3c2)sc(C(=O)OCCOC)c1C. The molecule has 0 saturated carbocycles. The van der Waals surface area contributed by atoms with Gasteiger partial charge in [0.25, 0.3) is 5.91 Å². The molecule has 0 saturated heterocycles. The minimum absolute atomic E-state index is 0.0762. The van der Waals surface area contributed by atoms with Crippen LogP contribution in [0.1, 0.15) is 48.6 Å². The number of nitrogens with zero attached hydrogens (tertiary/aromatic N) is 2. The highest BCUT2D eigenvalue weighted by atomic mass is 32.1. The summed E-state index contributed by atoms with van der Waals surface area (Å²) in [5.74, 6) is -1.66. The topological polar surface area (TPSA) is 108 Å². The number of amides is 1. The minimum Gasteiger partial charge on any atom is -0.462 e. The van der Waals surface area contributed by atoms with Gasteiger partial charge in [-0.25, -0.2) is 14.6 Å². The second-order valence-corrected chi connectivity index (χ2v) is 7.65. The quantitative estimate of drug-likeness (QED) is 0.419. The molecule has 9 nitrogen and oxygen atoms in total. The average molecular weight is 445 g/mol. The van der Waals surface area contributed by atoms with E-state index in [0.29, 0.717) is 16.8 Å². The molecule has 31 heavy (non-hydrogen) atoms. The van der Waals surface area contributed by atoms with Crippen molar-refractivity contribution >= 4 is 39.8 Å². The van der Waals surface area contributed by atoms with Crippen molar-refractivity contribution in [1.82, 2.24) is 9.38 Å². The lowest BCUT2D eigenvalue weighted by Gasteiger charge is -2.07. The number of rotatable bonds is 8. The van der Waals surface area contributed by atoms with Gasteiger partial charge in [-0.1, -0.05) is 0 Å². The molecular formula is C21H23N3O6S. The van der Waals surface area contributed by atoms with Crippen LogP contribution < -0.4 is 5.32 Å². The second-order valence-electron chi connectivity index (χ2n) is 6.63. The molecule has 0 aliphatic heterocycles. The van der Waals surface area contributed by atoms with Crippen LogP contribution in [0, 0.1) is 13.8 Å². The molecule has 0 atom stereocenters. The van der Waals surface area contributed by atoms with Crippen molar-refractivity contribution in [2.24, 2.45) is 0 Å². The van der Waals surface area contributed by atoms with E-state index in [-0.39, 0.29) is 35.3 Å². The third-order valence-corrected chi connectivity index (χ3v) is 5.59. The number of methoxy groups -OCH3 is 1. The Balaban J connectivity index is 1.91. The molecule has 0 radical (unpaired) electrons. The number of aryl methyl sites for hydroxylation is 1. The number of ether oxygens (including phenoxy) is 3. The van der Waals surface area contributed by atoms with Crippen LogP contribution in [0.5, 0.6) is 0 Å². The lowest BCUT2D eigenvalue weighted by Crippen LogP contribution is -2.15. The smallest absolute Gasteiger partial charge is 0.348 e. The summed E-state index contributed by atoms with van der Waals surface area (Å²) in [7, 11) is 1.50. The maximum atomic E-state index is 12.9. The molecule has 164 valence electrons. The third-order valence-electron chi connectivity index (χ3n) is 4.40. The van der Waals surface area contributed by atoms with Gasteiger partial charge in [-0.2, -0.15) is 0 Å². The van der Waals surface area contributed by atoms with Gasteiger partial charge in [-0.3, -0.25) is 4.79 Å². The predicted molar refractivity (Wildman–Crippen MR) is 115 cm³/mol. The first-order valence-corrected chi connectivity index (χ1v) is 10.4. The molecule has 1 N–H and O–H groups in total. The van der Waals surface area contributed by atoms with E-state index in [1.54, 1.807) is 36.6 Å². The molecule has 0 aliphatic carbocycles. The normalized spacial score (nSPS) is 10.8. The van der Waals surface area contributed by atoms with E-state index in [9.17, 15) is 14.4 Å². The van der Waals surface area contributed by atoms with E-state index in [0.717, 1.165) is 17.0 Å². The Kier molecular flexibility index (Phi) is 7.03. The van der Waals surface area contributed by atoms with Gasteiger partial charge in [0.05, 0.1) is 24.5 Å². The summed E-state index contributed by atoms with van der Waals surface area (Å²) in [5.41, 5.74) is 2.34. The zero-order chi connectivity index (χ0) is 22.5. The molecule has 0 unspecified atom stereocenters. The first-order chi connectivity index (χ1) is 14.8. The van der Waals surface area contributed by atoms with Crippen molar-refractivity contribution in [3.05, 3.63) is 51.8 Å². The monoisotopic (exact) mass is 445 g/mol. The summed E-state index contributed by atoms with van der Waals surface area (Å²) in [5, 5.41) is 2.95. The molecule has 0 spiro atoms.